The molecule has 2 nitrogen and oxygen atoms in total. The van der Waals surface area contributed by atoms with Crippen LogP contribution in [0.4, 0.5) is 0 Å². The molecule has 1 aliphatic heterocycles. The fourth-order valence-corrected chi connectivity index (χ4v) is 3.28. The third kappa shape index (κ3) is 13.6. The number of unbranched alkanes of at least 4 members (excludes halogenated alkanes) is 9. The Bertz CT molecular complexity index is 200. The monoisotopic (exact) mass is 312 g/mol. The van der Waals surface area contributed by atoms with Crippen LogP contribution in [0.15, 0.2) is 0 Å². The molecule has 0 radical (unpaired) electrons. The van der Waals surface area contributed by atoms with Crippen molar-refractivity contribution in [1.29, 1.82) is 0 Å². The van der Waals surface area contributed by atoms with E-state index in [-0.39, 0.29) is 7.43 Å². The standard InChI is InChI=1S/C19H40N2.CH4/c1-2-3-4-5-6-7-8-9-10-12-15-20-16-19-21-17-13-11-14-18-21;/h20H,2-19H2,1H3;1H4. The van der Waals surface area contributed by atoms with E-state index in [2.05, 4.69) is 17.1 Å². The zero-order chi connectivity index (χ0) is 15.0. The van der Waals surface area contributed by atoms with Gasteiger partial charge in [0, 0.05) is 13.1 Å². The van der Waals surface area contributed by atoms with Gasteiger partial charge in [-0.2, -0.15) is 0 Å². The molecule has 134 valence electrons. The maximum Gasteiger partial charge on any atom is 0.0107 e. The third-order valence-corrected chi connectivity index (χ3v) is 4.76. The van der Waals surface area contributed by atoms with Gasteiger partial charge in [-0.1, -0.05) is 78.6 Å². The average molecular weight is 313 g/mol. The van der Waals surface area contributed by atoms with Gasteiger partial charge in [0.25, 0.3) is 0 Å². The molecule has 0 aromatic carbocycles. The van der Waals surface area contributed by atoms with Crippen LogP contribution in [0.1, 0.15) is 97.8 Å². The third-order valence-electron chi connectivity index (χ3n) is 4.76. The molecule has 1 aliphatic rings. The van der Waals surface area contributed by atoms with E-state index in [1.54, 1.807) is 0 Å². The van der Waals surface area contributed by atoms with E-state index in [4.69, 9.17) is 0 Å². The maximum absolute atomic E-state index is 3.62. The van der Waals surface area contributed by atoms with Crippen LogP contribution >= 0.6 is 0 Å². The van der Waals surface area contributed by atoms with Gasteiger partial charge >= 0.3 is 0 Å². The molecular weight excluding hydrogens is 268 g/mol. The number of hydrogen-bond donors (Lipinski definition) is 1. The number of nitrogens with one attached hydrogen (secondary N) is 1. The van der Waals surface area contributed by atoms with Crippen LogP contribution in [0.3, 0.4) is 0 Å². The molecule has 22 heavy (non-hydrogen) atoms. The molecule has 0 unspecified atom stereocenters. The zero-order valence-corrected chi connectivity index (χ0v) is 14.7. The molecule has 2 heteroatoms. The van der Waals surface area contributed by atoms with Crippen molar-refractivity contribution in [2.75, 3.05) is 32.7 Å². The van der Waals surface area contributed by atoms with Gasteiger partial charge in [0.05, 0.1) is 0 Å². The summed E-state index contributed by atoms with van der Waals surface area (Å²) in [5.74, 6) is 0. The largest absolute Gasteiger partial charge is 0.315 e. The highest BCUT2D eigenvalue weighted by atomic mass is 15.1. The SMILES string of the molecule is C.CCCCCCCCCCCCNCCN1CCCCC1. The summed E-state index contributed by atoms with van der Waals surface area (Å²) < 4.78 is 0. The van der Waals surface area contributed by atoms with E-state index in [0.29, 0.717) is 0 Å². The molecule has 0 atom stereocenters. The lowest BCUT2D eigenvalue weighted by Gasteiger charge is -2.26. The predicted octanol–water partition coefficient (Wildman–Crippen LogP) is 5.62. The highest BCUT2D eigenvalue weighted by Crippen LogP contribution is 2.10. The first-order valence-corrected chi connectivity index (χ1v) is 9.86. The Morgan fingerprint density at radius 1 is 0.682 bits per heavy atom. The van der Waals surface area contributed by atoms with Gasteiger partial charge < -0.3 is 10.2 Å². The van der Waals surface area contributed by atoms with Crippen LogP contribution in [-0.2, 0) is 0 Å². The summed E-state index contributed by atoms with van der Waals surface area (Å²) >= 11 is 0. The van der Waals surface area contributed by atoms with E-state index in [9.17, 15) is 0 Å². The van der Waals surface area contributed by atoms with Crippen LogP contribution in [-0.4, -0.2) is 37.6 Å². The Kier molecular flexibility index (Phi) is 17.2. The van der Waals surface area contributed by atoms with Crippen molar-refractivity contribution in [2.45, 2.75) is 97.8 Å². The lowest BCUT2D eigenvalue weighted by atomic mass is 10.1. The van der Waals surface area contributed by atoms with Crippen LogP contribution in [0.2, 0.25) is 0 Å². The summed E-state index contributed by atoms with van der Waals surface area (Å²) in [4.78, 5) is 2.62. The van der Waals surface area contributed by atoms with Crippen molar-refractivity contribution >= 4 is 0 Å². The second-order valence-electron chi connectivity index (χ2n) is 6.83. The molecule has 0 aliphatic carbocycles. The van der Waals surface area contributed by atoms with Gasteiger partial charge in [0.1, 0.15) is 0 Å². The minimum absolute atomic E-state index is 0. The molecule has 0 bridgehead atoms. The maximum atomic E-state index is 3.62. The summed E-state index contributed by atoms with van der Waals surface area (Å²) in [6, 6.07) is 0. The van der Waals surface area contributed by atoms with E-state index < -0.39 is 0 Å². The van der Waals surface area contributed by atoms with Crippen molar-refractivity contribution in [2.24, 2.45) is 0 Å². The van der Waals surface area contributed by atoms with Gasteiger partial charge in [-0.25, -0.2) is 0 Å². The van der Waals surface area contributed by atoms with E-state index in [0.717, 1.165) is 0 Å². The molecule has 1 fully saturated rings. The molecule has 1 rings (SSSR count). The van der Waals surface area contributed by atoms with Gasteiger partial charge in [0.15, 0.2) is 0 Å². The van der Waals surface area contributed by atoms with Gasteiger partial charge in [-0.05, 0) is 38.9 Å². The molecule has 1 N–H and O–H groups in total. The van der Waals surface area contributed by atoms with Crippen LogP contribution < -0.4 is 5.32 Å². The summed E-state index contributed by atoms with van der Waals surface area (Å²) in [7, 11) is 0. The number of rotatable bonds is 14. The number of likely N-dealkylation sites (tertiary alicyclic amines) is 1. The van der Waals surface area contributed by atoms with E-state index >= 15 is 0 Å². The van der Waals surface area contributed by atoms with Crippen LogP contribution in [0.5, 0.6) is 0 Å². The zero-order valence-electron chi connectivity index (χ0n) is 14.7. The Balaban J connectivity index is 0.00000441. The molecule has 1 saturated heterocycles. The van der Waals surface area contributed by atoms with E-state index in [1.165, 1.54) is 116 Å². The van der Waals surface area contributed by atoms with Crippen molar-refractivity contribution in [3.63, 3.8) is 0 Å². The molecule has 0 spiro atoms. The minimum atomic E-state index is 0. The highest BCUT2D eigenvalue weighted by molar-refractivity contribution is 4.65. The number of hydrogen-bond acceptors (Lipinski definition) is 2. The van der Waals surface area contributed by atoms with Crippen molar-refractivity contribution in [1.82, 2.24) is 10.2 Å². The quantitative estimate of drug-likeness (QED) is 0.419. The second kappa shape index (κ2) is 17.3. The predicted molar refractivity (Wildman–Crippen MR) is 102 cm³/mol. The van der Waals surface area contributed by atoms with Crippen molar-refractivity contribution in [3.8, 4) is 0 Å². The van der Waals surface area contributed by atoms with Crippen molar-refractivity contribution in [3.05, 3.63) is 0 Å². The van der Waals surface area contributed by atoms with Crippen LogP contribution in [0.25, 0.3) is 0 Å². The Hall–Kier alpha value is -0.0800. The summed E-state index contributed by atoms with van der Waals surface area (Å²) in [6.07, 6.45) is 18.6. The second-order valence-corrected chi connectivity index (χ2v) is 6.83. The lowest BCUT2D eigenvalue weighted by molar-refractivity contribution is 0.229. The fourth-order valence-electron chi connectivity index (χ4n) is 3.28. The van der Waals surface area contributed by atoms with Crippen LogP contribution in [0, 0.1) is 0 Å². The molecule has 0 saturated carbocycles. The Morgan fingerprint density at radius 2 is 1.23 bits per heavy atom. The molecule has 0 aromatic rings. The van der Waals surface area contributed by atoms with Gasteiger partial charge in [-0.3, -0.25) is 0 Å². The van der Waals surface area contributed by atoms with Gasteiger partial charge in [0.2, 0.25) is 0 Å². The smallest absolute Gasteiger partial charge is 0.0107 e. The molecule has 0 amide bonds. The summed E-state index contributed by atoms with van der Waals surface area (Å²) in [5, 5.41) is 3.62. The van der Waals surface area contributed by atoms with Crippen molar-refractivity contribution < 1.29 is 0 Å². The first kappa shape index (κ1) is 21.9. The fraction of sp³-hybridized carbons (Fsp3) is 1.00. The minimum Gasteiger partial charge on any atom is -0.315 e. The first-order chi connectivity index (χ1) is 10.4. The average Bonchev–Trinajstić information content (AvgIpc) is 2.53. The molecular formula is C20H44N2. The highest BCUT2D eigenvalue weighted by Gasteiger charge is 2.08. The van der Waals surface area contributed by atoms with Gasteiger partial charge in [-0.15, -0.1) is 0 Å². The Morgan fingerprint density at radius 3 is 1.82 bits per heavy atom. The summed E-state index contributed by atoms with van der Waals surface area (Å²) in [6.45, 7) is 8.64. The topological polar surface area (TPSA) is 15.3 Å². The molecule has 0 aromatic heterocycles. The molecule has 1 heterocycles. The van der Waals surface area contributed by atoms with E-state index in [1.807, 2.05) is 0 Å². The Labute approximate surface area is 141 Å². The summed E-state index contributed by atoms with van der Waals surface area (Å²) in [5.41, 5.74) is 0. The lowest BCUT2D eigenvalue weighted by Crippen LogP contribution is -2.36. The first-order valence-electron chi connectivity index (χ1n) is 9.86. The number of piperidine rings is 1. The normalized spacial score (nSPS) is 15.7. The number of nitrogens with zero attached hydrogens (tertiary/aromatic N) is 1.